The van der Waals surface area contributed by atoms with Crippen LogP contribution in [0, 0.1) is 0 Å². The van der Waals surface area contributed by atoms with Crippen LogP contribution in [0.2, 0.25) is 5.02 Å². The van der Waals surface area contributed by atoms with Gasteiger partial charge in [0, 0.05) is 24.5 Å². The van der Waals surface area contributed by atoms with Crippen LogP contribution in [-0.4, -0.2) is 17.0 Å². The average Bonchev–Trinajstić information content (AvgIpc) is 2.39. The van der Waals surface area contributed by atoms with E-state index in [0.29, 0.717) is 10.0 Å². The van der Waals surface area contributed by atoms with Gasteiger partial charge in [-0.2, -0.15) is 0 Å². The molecule has 3 nitrogen and oxygen atoms in total. The molecule has 0 spiro atoms. The first-order chi connectivity index (χ1) is 8.58. The van der Waals surface area contributed by atoms with Crippen LogP contribution in [0.3, 0.4) is 0 Å². The summed E-state index contributed by atoms with van der Waals surface area (Å²) >= 11 is 10.8. The van der Waals surface area contributed by atoms with Gasteiger partial charge in [0.15, 0.2) is 0 Å². The van der Waals surface area contributed by atoms with Gasteiger partial charge in [-0.05, 0) is 24.3 Å². The van der Waals surface area contributed by atoms with Gasteiger partial charge in [0.1, 0.15) is 10.8 Å². The molecule has 0 saturated carbocycles. The number of rotatable bonds is 3. The van der Waals surface area contributed by atoms with Crippen molar-refractivity contribution in [3.8, 4) is 0 Å². The number of anilines is 2. The summed E-state index contributed by atoms with van der Waals surface area (Å²) in [6.45, 7) is 0. The zero-order valence-electron chi connectivity index (χ0n) is 9.80. The third kappa shape index (κ3) is 2.78. The van der Waals surface area contributed by atoms with E-state index < -0.39 is 0 Å². The number of nitrogens with two attached hydrogens (primary N) is 1. The van der Waals surface area contributed by atoms with Crippen molar-refractivity contribution in [2.75, 3.05) is 11.9 Å². The molecule has 2 rings (SSSR count). The molecule has 0 amide bonds. The van der Waals surface area contributed by atoms with Crippen LogP contribution in [-0.2, 0) is 0 Å². The lowest BCUT2D eigenvalue weighted by molar-refractivity contribution is 1.13. The van der Waals surface area contributed by atoms with E-state index in [4.69, 9.17) is 29.6 Å². The summed E-state index contributed by atoms with van der Waals surface area (Å²) < 4.78 is 0. The maximum atomic E-state index is 5.81. The van der Waals surface area contributed by atoms with Crippen LogP contribution in [0.4, 0.5) is 11.5 Å². The molecule has 92 valence electrons. The number of thiocarbonyl (C=S) groups is 1. The maximum absolute atomic E-state index is 5.81. The third-order valence-electron chi connectivity index (χ3n) is 2.57. The van der Waals surface area contributed by atoms with Crippen LogP contribution in [0.5, 0.6) is 0 Å². The lowest BCUT2D eigenvalue weighted by Crippen LogP contribution is -2.13. The number of hydrogen-bond donors (Lipinski definition) is 1. The van der Waals surface area contributed by atoms with Gasteiger partial charge in [0.05, 0.1) is 5.02 Å². The summed E-state index contributed by atoms with van der Waals surface area (Å²) in [5.41, 5.74) is 7.43. The standard InChI is InChI=1S/C13H12ClN3S/c1-17(12-6-5-10(14)8-16-12)11-4-2-3-9(7-11)13(15)18/h2-8H,1H3,(H2,15,18). The highest BCUT2D eigenvalue weighted by molar-refractivity contribution is 7.80. The Hall–Kier alpha value is -1.65. The largest absolute Gasteiger partial charge is 0.389 e. The molecule has 0 unspecified atom stereocenters. The highest BCUT2D eigenvalue weighted by atomic mass is 35.5. The SMILES string of the molecule is CN(c1cccc(C(N)=S)c1)c1ccc(Cl)cn1. The Morgan fingerprint density at radius 1 is 1.33 bits per heavy atom. The minimum atomic E-state index is 0.384. The van der Waals surface area contributed by atoms with Gasteiger partial charge in [-0.15, -0.1) is 0 Å². The number of aromatic nitrogens is 1. The second-order valence-electron chi connectivity index (χ2n) is 3.81. The summed E-state index contributed by atoms with van der Waals surface area (Å²) in [5, 5.41) is 0.615. The summed E-state index contributed by atoms with van der Waals surface area (Å²) in [4.78, 5) is 6.59. The second kappa shape index (κ2) is 5.33. The molecule has 0 atom stereocenters. The quantitative estimate of drug-likeness (QED) is 0.875. The van der Waals surface area contributed by atoms with Gasteiger partial charge >= 0.3 is 0 Å². The van der Waals surface area contributed by atoms with Gasteiger partial charge in [0.25, 0.3) is 0 Å². The van der Waals surface area contributed by atoms with E-state index in [9.17, 15) is 0 Å². The molecule has 0 fully saturated rings. The molecule has 0 radical (unpaired) electrons. The normalized spacial score (nSPS) is 10.1. The summed E-state index contributed by atoms with van der Waals surface area (Å²) in [5.74, 6) is 0.805. The van der Waals surface area contributed by atoms with E-state index in [1.165, 1.54) is 0 Å². The van der Waals surface area contributed by atoms with E-state index in [0.717, 1.165) is 17.1 Å². The molecule has 0 bridgehead atoms. The lowest BCUT2D eigenvalue weighted by atomic mass is 10.2. The fraction of sp³-hybridized carbons (Fsp3) is 0.0769. The third-order valence-corrected chi connectivity index (χ3v) is 3.03. The molecule has 2 N–H and O–H groups in total. The van der Waals surface area contributed by atoms with E-state index >= 15 is 0 Å². The number of halogens is 1. The first kappa shape index (κ1) is 12.8. The van der Waals surface area contributed by atoms with Crippen LogP contribution in [0.25, 0.3) is 0 Å². The molecule has 0 aliphatic carbocycles. The highest BCUT2D eigenvalue weighted by Gasteiger charge is 2.06. The van der Waals surface area contributed by atoms with E-state index in [1.807, 2.05) is 42.3 Å². The smallest absolute Gasteiger partial charge is 0.132 e. The molecule has 0 aliphatic heterocycles. The first-order valence-electron chi connectivity index (χ1n) is 5.33. The van der Waals surface area contributed by atoms with Crippen LogP contribution in [0.1, 0.15) is 5.56 Å². The average molecular weight is 278 g/mol. The lowest BCUT2D eigenvalue weighted by Gasteiger charge is -2.18. The Balaban J connectivity index is 2.33. The first-order valence-corrected chi connectivity index (χ1v) is 6.11. The van der Waals surface area contributed by atoms with Gasteiger partial charge < -0.3 is 10.6 Å². The Kier molecular flexibility index (Phi) is 3.79. The van der Waals surface area contributed by atoms with E-state index in [2.05, 4.69) is 4.98 Å². The minimum Gasteiger partial charge on any atom is -0.389 e. The molecular formula is C13H12ClN3S. The maximum Gasteiger partial charge on any atom is 0.132 e. The van der Waals surface area contributed by atoms with E-state index in [1.54, 1.807) is 12.3 Å². The Morgan fingerprint density at radius 2 is 2.11 bits per heavy atom. The van der Waals surface area contributed by atoms with Crippen molar-refractivity contribution in [1.29, 1.82) is 0 Å². The molecule has 5 heteroatoms. The molecule has 1 heterocycles. The second-order valence-corrected chi connectivity index (χ2v) is 4.68. The van der Waals surface area contributed by atoms with Gasteiger partial charge in [-0.25, -0.2) is 4.98 Å². The topological polar surface area (TPSA) is 42.1 Å². The van der Waals surface area contributed by atoms with Crippen LogP contribution in [0.15, 0.2) is 42.6 Å². The zero-order chi connectivity index (χ0) is 13.1. The zero-order valence-corrected chi connectivity index (χ0v) is 11.4. The van der Waals surface area contributed by atoms with Gasteiger partial charge in [-0.3, -0.25) is 0 Å². The number of nitrogens with zero attached hydrogens (tertiary/aromatic N) is 2. The molecule has 2 aromatic rings. The molecule has 0 saturated heterocycles. The van der Waals surface area contributed by atoms with Crippen molar-refractivity contribution in [3.63, 3.8) is 0 Å². The Labute approximate surface area is 116 Å². The predicted molar refractivity (Wildman–Crippen MR) is 79.6 cm³/mol. The van der Waals surface area contributed by atoms with Crippen LogP contribution < -0.4 is 10.6 Å². The molecule has 18 heavy (non-hydrogen) atoms. The molecule has 1 aromatic heterocycles. The van der Waals surface area contributed by atoms with Gasteiger partial charge in [-0.1, -0.05) is 36.0 Å². The number of pyridine rings is 1. The van der Waals surface area contributed by atoms with Gasteiger partial charge in [0.2, 0.25) is 0 Å². The number of hydrogen-bond acceptors (Lipinski definition) is 3. The van der Waals surface area contributed by atoms with Crippen LogP contribution >= 0.6 is 23.8 Å². The molecule has 1 aromatic carbocycles. The fourth-order valence-electron chi connectivity index (χ4n) is 1.57. The van der Waals surface area contributed by atoms with Crippen molar-refractivity contribution in [2.45, 2.75) is 0 Å². The summed E-state index contributed by atoms with van der Waals surface area (Å²) in [7, 11) is 1.93. The fourth-order valence-corrected chi connectivity index (χ4v) is 1.81. The monoisotopic (exact) mass is 277 g/mol. The van der Waals surface area contributed by atoms with Crippen molar-refractivity contribution in [2.24, 2.45) is 5.73 Å². The predicted octanol–water partition coefficient (Wildman–Crippen LogP) is 3.14. The summed E-state index contributed by atoms with van der Waals surface area (Å²) in [6.07, 6.45) is 1.62. The minimum absolute atomic E-state index is 0.384. The van der Waals surface area contributed by atoms with Crippen molar-refractivity contribution in [3.05, 3.63) is 53.2 Å². The summed E-state index contributed by atoms with van der Waals surface area (Å²) in [6, 6.07) is 11.4. The number of benzene rings is 1. The Bertz CT molecular complexity index is 569. The van der Waals surface area contributed by atoms with Crippen molar-refractivity contribution < 1.29 is 0 Å². The van der Waals surface area contributed by atoms with Crippen molar-refractivity contribution >= 4 is 40.3 Å². The van der Waals surface area contributed by atoms with Crippen molar-refractivity contribution in [1.82, 2.24) is 4.98 Å². The van der Waals surface area contributed by atoms with E-state index in [-0.39, 0.29) is 0 Å². The molecule has 0 aliphatic rings. The molecular weight excluding hydrogens is 266 g/mol. The Morgan fingerprint density at radius 3 is 2.72 bits per heavy atom. The highest BCUT2D eigenvalue weighted by Crippen LogP contribution is 2.23.